The van der Waals surface area contributed by atoms with Gasteiger partial charge in [0, 0.05) is 5.92 Å². The molecule has 0 fully saturated rings. The second-order valence-electron chi connectivity index (χ2n) is 1.18. The zero-order valence-electron chi connectivity index (χ0n) is 4.42. The molecule has 0 aliphatic heterocycles. The summed E-state index contributed by atoms with van der Waals surface area (Å²) < 4.78 is 33.4. The highest BCUT2D eigenvalue weighted by atomic mass is 19.4. The zero-order chi connectivity index (χ0) is 7.33. The Kier molecular flexibility index (Phi) is 2.67. The van der Waals surface area contributed by atoms with Gasteiger partial charge >= 0.3 is 6.18 Å². The molecule has 0 rings (SSSR count). The molecular formula is C6H3F3. The van der Waals surface area contributed by atoms with Crippen molar-refractivity contribution >= 4 is 0 Å². The number of alkyl halides is 3. The van der Waals surface area contributed by atoms with Crippen LogP contribution < -0.4 is 0 Å². The lowest BCUT2D eigenvalue weighted by molar-refractivity contribution is -0.0697. The van der Waals surface area contributed by atoms with Gasteiger partial charge in [0.1, 0.15) is 0 Å². The van der Waals surface area contributed by atoms with Gasteiger partial charge in [0.15, 0.2) is 0 Å². The van der Waals surface area contributed by atoms with E-state index in [9.17, 15) is 13.2 Å². The van der Waals surface area contributed by atoms with Crippen LogP contribution in [0.25, 0.3) is 0 Å². The standard InChI is InChI=1S/C6H3F3/c1-2-3-4-5-6(7,8)9/h1H,3H2. The average Bonchev–Trinajstić information content (AvgIpc) is 1.63. The highest BCUT2D eigenvalue weighted by Crippen LogP contribution is 2.11. The molecule has 0 atom stereocenters. The number of rotatable bonds is 0. The SMILES string of the molecule is C#CCC#CC(F)(F)F. The second-order valence-corrected chi connectivity index (χ2v) is 1.18. The Morgan fingerprint density at radius 1 is 1.33 bits per heavy atom. The van der Waals surface area contributed by atoms with E-state index in [2.05, 4.69) is 6.42 Å². The average molecular weight is 132 g/mol. The first-order valence-corrected chi connectivity index (χ1v) is 2.06. The summed E-state index contributed by atoms with van der Waals surface area (Å²) in [6.07, 6.45) is 0.0789. The molecule has 0 saturated heterocycles. The lowest BCUT2D eigenvalue weighted by Crippen LogP contribution is -2.01. The van der Waals surface area contributed by atoms with E-state index in [-0.39, 0.29) is 6.42 Å². The summed E-state index contributed by atoms with van der Waals surface area (Å²) in [4.78, 5) is 0. The van der Waals surface area contributed by atoms with Crippen LogP contribution in [0.4, 0.5) is 13.2 Å². The van der Waals surface area contributed by atoms with E-state index < -0.39 is 6.18 Å². The number of hydrogen-bond acceptors (Lipinski definition) is 0. The molecule has 3 heteroatoms. The molecule has 0 aromatic rings. The molecule has 0 amide bonds. The molecule has 0 aliphatic carbocycles. The monoisotopic (exact) mass is 132 g/mol. The number of terminal acetylenes is 1. The molecular weight excluding hydrogens is 129 g/mol. The van der Waals surface area contributed by atoms with Gasteiger partial charge in [-0.2, -0.15) is 13.2 Å². The van der Waals surface area contributed by atoms with Gasteiger partial charge in [-0.25, -0.2) is 0 Å². The first kappa shape index (κ1) is 7.91. The van der Waals surface area contributed by atoms with Crippen LogP contribution in [0, 0.1) is 24.2 Å². The Balaban J connectivity index is 3.77. The van der Waals surface area contributed by atoms with Crippen molar-refractivity contribution < 1.29 is 13.2 Å². The van der Waals surface area contributed by atoms with Gasteiger partial charge in [-0.1, -0.05) is 11.8 Å². The van der Waals surface area contributed by atoms with Gasteiger partial charge in [0.2, 0.25) is 0 Å². The molecule has 0 aromatic carbocycles. The Morgan fingerprint density at radius 3 is 2.22 bits per heavy atom. The van der Waals surface area contributed by atoms with Crippen LogP contribution in [-0.4, -0.2) is 6.18 Å². The largest absolute Gasteiger partial charge is 0.457 e. The van der Waals surface area contributed by atoms with Crippen LogP contribution >= 0.6 is 0 Å². The highest BCUT2D eigenvalue weighted by molar-refractivity contribution is 5.10. The van der Waals surface area contributed by atoms with Crippen molar-refractivity contribution in [2.75, 3.05) is 0 Å². The smallest absolute Gasteiger partial charge is 0.159 e. The Bertz CT molecular complexity index is 171. The summed E-state index contributed by atoms with van der Waals surface area (Å²) >= 11 is 0. The predicted molar refractivity (Wildman–Crippen MR) is 27.3 cm³/mol. The third kappa shape index (κ3) is 6.91. The lowest BCUT2D eigenvalue weighted by Gasteiger charge is -1.89. The molecule has 0 saturated carbocycles. The maximum absolute atomic E-state index is 11.1. The molecule has 9 heavy (non-hydrogen) atoms. The van der Waals surface area contributed by atoms with Crippen LogP contribution in [0.3, 0.4) is 0 Å². The Hall–Kier alpha value is -1.09. The minimum Gasteiger partial charge on any atom is -0.159 e. The van der Waals surface area contributed by atoms with Crippen LogP contribution in [0.2, 0.25) is 0 Å². The molecule has 0 nitrogen and oxygen atoms in total. The first-order chi connectivity index (χ1) is 4.06. The molecule has 0 aromatic heterocycles. The van der Waals surface area contributed by atoms with Crippen molar-refractivity contribution in [1.29, 1.82) is 0 Å². The fourth-order valence-electron chi connectivity index (χ4n) is 0.195. The fourth-order valence-corrected chi connectivity index (χ4v) is 0.195. The maximum Gasteiger partial charge on any atom is 0.457 e. The summed E-state index contributed by atoms with van der Waals surface area (Å²) in [5.41, 5.74) is 0. The fraction of sp³-hybridized carbons (Fsp3) is 0.333. The van der Waals surface area contributed by atoms with Crippen molar-refractivity contribution in [3.05, 3.63) is 0 Å². The van der Waals surface area contributed by atoms with E-state index >= 15 is 0 Å². The minimum atomic E-state index is -4.41. The molecule has 0 N–H and O–H groups in total. The van der Waals surface area contributed by atoms with Crippen LogP contribution in [-0.2, 0) is 0 Å². The Morgan fingerprint density at radius 2 is 1.89 bits per heavy atom. The molecule has 0 unspecified atom stereocenters. The van der Waals surface area contributed by atoms with E-state index in [0.29, 0.717) is 0 Å². The van der Waals surface area contributed by atoms with Gasteiger partial charge in [-0.05, 0) is 0 Å². The van der Waals surface area contributed by atoms with Gasteiger partial charge in [-0.15, -0.1) is 6.42 Å². The first-order valence-electron chi connectivity index (χ1n) is 2.06. The second kappa shape index (κ2) is 3.04. The minimum absolute atomic E-state index is 0.153. The predicted octanol–water partition coefficient (Wildman–Crippen LogP) is 1.58. The van der Waals surface area contributed by atoms with Crippen LogP contribution in [0.1, 0.15) is 6.42 Å². The van der Waals surface area contributed by atoms with Gasteiger partial charge in [0.25, 0.3) is 0 Å². The van der Waals surface area contributed by atoms with Crippen molar-refractivity contribution in [3.63, 3.8) is 0 Å². The number of hydrogen-bond donors (Lipinski definition) is 0. The molecule has 0 heterocycles. The molecule has 0 spiro atoms. The van der Waals surface area contributed by atoms with Crippen molar-refractivity contribution in [3.8, 4) is 24.2 Å². The van der Waals surface area contributed by atoms with Gasteiger partial charge in [-0.3, -0.25) is 0 Å². The van der Waals surface area contributed by atoms with E-state index in [0.717, 1.165) is 5.92 Å². The van der Waals surface area contributed by atoms with Crippen molar-refractivity contribution in [1.82, 2.24) is 0 Å². The van der Waals surface area contributed by atoms with Crippen molar-refractivity contribution in [2.45, 2.75) is 12.6 Å². The Labute approximate surface area is 51.1 Å². The zero-order valence-corrected chi connectivity index (χ0v) is 4.42. The summed E-state index contributed by atoms with van der Waals surface area (Å²) in [5, 5.41) is 0. The van der Waals surface area contributed by atoms with Gasteiger partial charge in [0.05, 0.1) is 6.42 Å². The van der Waals surface area contributed by atoms with E-state index in [1.807, 2.05) is 5.92 Å². The molecule has 48 valence electrons. The highest BCUT2D eigenvalue weighted by Gasteiger charge is 2.22. The topological polar surface area (TPSA) is 0 Å². The molecule has 0 aliphatic rings. The summed E-state index contributed by atoms with van der Waals surface area (Å²) in [7, 11) is 0. The number of halogens is 3. The third-order valence-electron chi connectivity index (χ3n) is 0.421. The van der Waals surface area contributed by atoms with E-state index in [1.54, 1.807) is 5.92 Å². The lowest BCUT2D eigenvalue weighted by atomic mass is 10.4. The summed E-state index contributed by atoms with van der Waals surface area (Å²) in [5.74, 6) is 4.76. The van der Waals surface area contributed by atoms with Crippen molar-refractivity contribution in [2.24, 2.45) is 0 Å². The summed E-state index contributed by atoms with van der Waals surface area (Å²) in [6.45, 7) is 0. The molecule has 0 bridgehead atoms. The summed E-state index contributed by atoms with van der Waals surface area (Å²) in [6, 6.07) is 0. The van der Waals surface area contributed by atoms with Crippen LogP contribution in [0.5, 0.6) is 0 Å². The molecule has 0 radical (unpaired) electrons. The van der Waals surface area contributed by atoms with E-state index in [4.69, 9.17) is 0 Å². The quantitative estimate of drug-likeness (QED) is 0.439. The maximum atomic E-state index is 11.1. The van der Waals surface area contributed by atoms with Gasteiger partial charge < -0.3 is 0 Å². The normalized spacial score (nSPS) is 9.11. The third-order valence-corrected chi connectivity index (χ3v) is 0.421. The van der Waals surface area contributed by atoms with Crippen LogP contribution in [0.15, 0.2) is 0 Å². The van der Waals surface area contributed by atoms with E-state index in [1.165, 1.54) is 0 Å².